The summed E-state index contributed by atoms with van der Waals surface area (Å²) in [5.74, 6) is 0.946. The number of anilines is 1. The van der Waals surface area contributed by atoms with E-state index >= 15 is 0 Å². The fourth-order valence-corrected chi connectivity index (χ4v) is 3.46. The SMILES string of the molecule is CCn1c(SCC(=O)Nc2ccccc2Br)nnc1-c1ccncc1. The van der Waals surface area contributed by atoms with Gasteiger partial charge in [-0.15, -0.1) is 10.2 Å². The van der Waals surface area contributed by atoms with E-state index in [0.717, 1.165) is 33.2 Å². The summed E-state index contributed by atoms with van der Waals surface area (Å²) in [5, 5.41) is 12.1. The molecule has 0 unspecified atom stereocenters. The van der Waals surface area contributed by atoms with Gasteiger partial charge in [0.2, 0.25) is 5.91 Å². The largest absolute Gasteiger partial charge is 0.324 e. The van der Waals surface area contributed by atoms with Crippen molar-refractivity contribution in [2.75, 3.05) is 11.1 Å². The molecule has 25 heavy (non-hydrogen) atoms. The van der Waals surface area contributed by atoms with Crippen LogP contribution >= 0.6 is 27.7 Å². The topological polar surface area (TPSA) is 72.7 Å². The lowest BCUT2D eigenvalue weighted by Gasteiger charge is -2.08. The third-order valence-corrected chi connectivity index (χ3v) is 5.11. The van der Waals surface area contributed by atoms with Gasteiger partial charge in [0.25, 0.3) is 0 Å². The van der Waals surface area contributed by atoms with Crippen molar-refractivity contribution in [2.24, 2.45) is 0 Å². The van der Waals surface area contributed by atoms with Gasteiger partial charge in [0.15, 0.2) is 11.0 Å². The molecular weight excluding hydrogens is 402 g/mol. The minimum Gasteiger partial charge on any atom is -0.324 e. The van der Waals surface area contributed by atoms with Crippen LogP contribution in [0.25, 0.3) is 11.4 Å². The van der Waals surface area contributed by atoms with E-state index < -0.39 is 0 Å². The van der Waals surface area contributed by atoms with Gasteiger partial charge in [0, 0.05) is 29.0 Å². The summed E-state index contributed by atoms with van der Waals surface area (Å²) in [6, 6.07) is 11.3. The third-order valence-electron chi connectivity index (χ3n) is 3.45. The molecule has 0 saturated carbocycles. The zero-order valence-electron chi connectivity index (χ0n) is 13.5. The Balaban J connectivity index is 1.68. The highest BCUT2D eigenvalue weighted by Crippen LogP contribution is 2.25. The van der Waals surface area contributed by atoms with Crippen molar-refractivity contribution in [3.8, 4) is 11.4 Å². The summed E-state index contributed by atoms with van der Waals surface area (Å²) in [5.41, 5.74) is 1.71. The molecule has 2 heterocycles. The maximum absolute atomic E-state index is 12.2. The highest BCUT2D eigenvalue weighted by molar-refractivity contribution is 9.10. The highest BCUT2D eigenvalue weighted by Gasteiger charge is 2.14. The molecule has 1 amide bonds. The maximum Gasteiger partial charge on any atom is 0.234 e. The first-order valence-electron chi connectivity index (χ1n) is 7.69. The fourth-order valence-electron chi connectivity index (χ4n) is 2.27. The molecule has 0 aliphatic carbocycles. The van der Waals surface area contributed by atoms with E-state index in [4.69, 9.17) is 0 Å². The van der Waals surface area contributed by atoms with Crippen LogP contribution < -0.4 is 5.32 Å². The Morgan fingerprint density at radius 2 is 1.96 bits per heavy atom. The number of nitrogens with one attached hydrogen (secondary N) is 1. The number of rotatable bonds is 6. The van der Waals surface area contributed by atoms with Gasteiger partial charge >= 0.3 is 0 Å². The molecule has 0 spiro atoms. The van der Waals surface area contributed by atoms with Crippen molar-refractivity contribution in [1.29, 1.82) is 0 Å². The minimum absolute atomic E-state index is 0.0898. The van der Waals surface area contributed by atoms with Gasteiger partial charge < -0.3 is 9.88 Å². The Bertz CT molecular complexity index is 868. The molecule has 1 aromatic carbocycles. The molecule has 1 N–H and O–H groups in total. The van der Waals surface area contributed by atoms with E-state index in [2.05, 4.69) is 36.4 Å². The number of carbonyl (C=O) groups excluding carboxylic acids is 1. The number of para-hydroxylation sites is 1. The standard InChI is InChI=1S/C17H16BrN5OS/c1-2-23-16(12-7-9-19-10-8-12)21-22-17(23)25-11-15(24)20-14-6-4-3-5-13(14)18/h3-10H,2,11H2,1H3,(H,20,24). The fraction of sp³-hybridized carbons (Fsp3) is 0.176. The van der Waals surface area contributed by atoms with Crippen molar-refractivity contribution >= 4 is 39.3 Å². The molecule has 3 aromatic rings. The second-order valence-electron chi connectivity index (χ2n) is 5.10. The second kappa shape index (κ2) is 8.26. The highest BCUT2D eigenvalue weighted by atomic mass is 79.9. The summed E-state index contributed by atoms with van der Waals surface area (Å²) < 4.78 is 2.84. The number of hydrogen-bond donors (Lipinski definition) is 1. The first-order valence-corrected chi connectivity index (χ1v) is 9.47. The van der Waals surface area contributed by atoms with E-state index in [-0.39, 0.29) is 11.7 Å². The average Bonchev–Trinajstić information content (AvgIpc) is 3.05. The number of nitrogens with zero attached hydrogens (tertiary/aromatic N) is 4. The van der Waals surface area contributed by atoms with Crippen LogP contribution in [0.15, 0.2) is 58.4 Å². The number of aromatic nitrogens is 4. The zero-order valence-corrected chi connectivity index (χ0v) is 15.9. The van der Waals surface area contributed by atoms with E-state index in [1.54, 1.807) is 12.4 Å². The van der Waals surface area contributed by atoms with Gasteiger partial charge in [-0.25, -0.2) is 0 Å². The first kappa shape index (κ1) is 17.6. The lowest BCUT2D eigenvalue weighted by molar-refractivity contribution is -0.113. The van der Waals surface area contributed by atoms with Crippen molar-refractivity contribution in [1.82, 2.24) is 19.7 Å². The summed E-state index contributed by atoms with van der Waals surface area (Å²) in [7, 11) is 0. The number of hydrogen-bond acceptors (Lipinski definition) is 5. The molecule has 3 rings (SSSR count). The van der Waals surface area contributed by atoms with Crippen molar-refractivity contribution in [3.63, 3.8) is 0 Å². The maximum atomic E-state index is 12.2. The van der Waals surface area contributed by atoms with Gasteiger partial charge in [-0.2, -0.15) is 0 Å². The smallest absolute Gasteiger partial charge is 0.234 e. The summed E-state index contributed by atoms with van der Waals surface area (Å²) in [6.45, 7) is 2.75. The molecule has 0 radical (unpaired) electrons. The number of carbonyl (C=O) groups is 1. The quantitative estimate of drug-likeness (QED) is 0.616. The first-order chi connectivity index (χ1) is 12.2. The van der Waals surface area contributed by atoms with Gasteiger partial charge in [-0.05, 0) is 47.1 Å². The van der Waals surface area contributed by atoms with Crippen LogP contribution in [0.1, 0.15) is 6.92 Å². The van der Waals surface area contributed by atoms with Crippen LogP contribution in [0.3, 0.4) is 0 Å². The number of amides is 1. The van der Waals surface area contributed by atoms with Crippen LogP contribution in [0.5, 0.6) is 0 Å². The van der Waals surface area contributed by atoms with Crippen LogP contribution in [-0.2, 0) is 11.3 Å². The Hall–Kier alpha value is -2.19. The predicted molar refractivity (Wildman–Crippen MR) is 102 cm³/mol. The van der Waals surface area contributed by atoms with Crippen molar-refractivity contribution in [2.45, 2.75) is 18.6 Å². The summed E-state index contributed by atoms with van der Waals surface area (Å²) in [6.07, 6.45) is 3.45. The van der Waals surface area contributed by atoms with Gasteiger partial charge in [-0.1, -0.05) is 23.9 Å². The molecule has 128 valence electrons. The Morgan fingerprint density at radius 1 is 1.20 bits per heavy atom. The molecule has 0 atom stereocenters. The Labute approximate surface area is 158 Å². The van der Waals surface area contributed by atoms with E-state index in [1.807, 2.05) is 47.9 Å². The molecule has 0 fully saturated rings. The third kappa shape index (κ3) is 4.26. The zero-order chi connectivity index (χ0) is 17.6. The second-order valence-corrected chi connectivity index (χ2v) is 6.90. The lowest BCUT2D eigenvalue weighted by Crippen LogP contribution is -2.15. The summed E-state index contributed by atoms with van der Waals surface area (Å²) in [4.78, 5) is 16.2. The Kier molecular flexibility index (Phi) is 5.83. The molecule has 8 heteroatoms. The van der Waals surface area contributed by atoms with Crippen LogP contribution in [-0.4, -0.2) is 31.4 Å². The average molecular weight is 418 g/mol. The van der Waals surface area contributed by atoms with E-state index in [0.29, 0.717) is 0 Å². The van der Waals surface area contributed by atoms with Gasteiger partial charge in [0.05, 0.1) is 11.4 Å². The molecule has 0 bridgehead atoms. The molecular formula is C17H16BrN5OS. The summed E-state index contributed by atoms with van der Waals surface area (Å²) >= 11 is 4.79. The number of benzene rings is 1. The van der Waals surface area contributed by atoms with Gasteiger partial charge in [-0.3, -0.25) is 9.78 Å². The minimum atomic E-state index is -0.0898. The normalized spacial score (nSPS) is 10.6. The molecule has 0 aliphatic heterocycles. The monoisotopic (exact) mass is 417 g/mol. The number of thioether (sulfide) groups is 1. The van der Waals surface area contributed by atoms with Crippen LogP contribution in [0.2, 0.25) is 0 Å². The van der Waals surface area contributed by atoms with Crippen LogP contribution in [0.4, 0.5) is 5.69 Å². The molecule has 0 saturated heterocycles. The number of halogens is 1. The lowest BCUT2D eigenvalue weighted by atomic mass is 10.2. The van der Waals surface area contributed by atoms with Crippen molar-refractivity contribution < 1.29 is 4.79 Å². The van der Waals surface area contributed by atoms with Gasteiger partial charge in [0.1, 0.15) is 0 Å². The van der Waals surface area contributed by atoms with Crippen LogP contribution in [0, 0.1) is 0 Å². The van der Waals surface area contributed by atoms with Crippen molar-refractivity contribution in [3.05, 3.63) is 53.3 Å². The molecule has 0 aliphatic rings. The van der Waals surface area contributed by atoms with E-state index in [1.165, 1.54) is 11.8 Å². The molecule has 6 nitrogen and oxygen atoms in total. The van der Waals surface area contributed by atoms with E-state index in [9.17, 15) is 4.79 Å². The Morgan fingerprint density at radius 3 is 2.68 bits per heavy atom. The molecule has 2 aromatic heterocycles. The number of pyridine rings is 1. The predicted octanol–water partition coefficient (Wildman–Crippen LogP) is 3.85.